The minimum Gasteiger partial charge on any atom is -0.480 e. The van der Waals surface area contributed by atoms with Gasteiger partial charge in [-0.05, 0) is 30.7 Å². The van der Waals surface area contributed by atoms with E-state index in [0.717, 1.165) is 8.87 Å². The van der Waals surface area contributed by atoms with E-state index in [9.17, 15) is 23.1 Å². The summed E-state index contributed by atoms with van der Waals surface area (Å²) in [5.41, 5.74) is -0.00338. The van der Waals surface area contributed by atoms with E-state index in [0.29, 0.717) is 0 Å². The molecule has 1 N–H and O–H groups in total. The van der Waals surface area contributed by atoms with Crippen LogP contribution in [0.25, 0.3) is 0 Å². The molecule has 0 aliphatic carbocycles. The van der Waals surface area contributed by atoms with Crippen LogP contribution in [0.2, 0.25) is 0 Å². The first-order chi connectivity index (χ1) is 10.9. The Kier molecular flexibility index (Phi) is 3.48. The Balaban J connectivity index is 2.38. The minimum atomic E-state index is -3.97. The van der Waals surface area contributed by atoms with Gasteiger partial charge in [-0.1, -0.05) is 19.1 Å². The van der Waals surface area contributed by atoms with Crippen LogP contribution in [0.3, 0.4) is 0 Å². The van der Waals surface area contributed by atoms with Crippen LogP contribution in [-0.2, 0) is 14.8 Å². The second-order valence-electron chi connectivity index (χ2n) is 5.10. The number of carboxylic acids is 1. The molecule has 1 unspecified atom stereocenters. The number of rotatable bonds is 3. The molecule has 8 heteroatoms. The summed E-state index contributed by atoms with van der Waals surface area (Å²) in [6.45, 7) is 1.63. The zero-order valence-electron chi connectivity index (χ0n) is 12.2. The molecule has 1 atom stereocenters. The number of hydrogen-bond donors (Lipinski definition) is 1. The molecule has 2 aromatic rings. The molecule has 1 aliphatic heterocycles. The Morgan fingerprint density at radius 3 is 2.57 bits per heavy atom. The van der Waals surface area contributed by atoms with Gasteiger partial charge in [0, 0.05) is 6.20 Å². The molecule has 1 aromatic heterocycles. The fraction of sp³-hybridized carbons (Fsp3) is 0.200. The van der Waals surface area contributed by atoms with Crippen LogP contribution in [0.15, 0.2) is 47.5 Å². The monoisotopic (exact) mass is 334 g/mol. The number of anilines is 1. The fourth-order valence-electron chi connectivity index (χ4n) is 2.73. The van der Waals surface area contributed by atoms with Gasteiger partial charge in [-0.25, -0.2) is 17.2 Å². The molecule has 120 valence electrons. The van der Waals surface area contributed by atoms with Gasteiger partial charge in [0.05, 0.1) is 5.69 Å². The highest BCUT2D eigenvalue weighted by atomic mass is 32.2. The Labute approximate surface area is 132 Å². The van der Waals surface area contributed by atoms with Crippen LogP contribution in [0.1, 0.15) is 23.8 Å². The van der Waals surface area contributed by atoms with Crippen molar-refractivity contribution in [2.75, 3.05) is 4.90 Å². The van der Waals surface area contributed by atoms with Gasteiger partial charge in [0.2, 0.25) is 0 Å². The first-order valence-corrected chi connectivity index (χ1v) is 8.42. The van der Waals surface area contributed by atoms with E-state index >= 15 is 0 Å². The molecule has 0 fully saturated rings. The molecule has 1 aliphatic rings. The number of carbonyl (C=O) groups excluding carboxylic acids is 1. The summed E-state index contributed by atoms with van der Waals surface area (Å²) in [6.07, 6.45) is 1.43. The maximum Gasteiger partial charge on any atom is 0.326 e. The Morgan fingerprint density at radius 2 is 1.91 bits per heavy atom. The van der Waals surface area contributed by atoms with Crippen molar-refractivity contribution >= 4 is 27.6 Å². The molecule has 2 heterocycles. The summed E-state index contributed by atoms with van der Waals surface area (Å²) in [4.78, 5) is 25.3. The van der Waals surface area contributed by atoms with Gasteiger partial charge >= 0.3 is 5.97 Å². The van der Waals surface area contributed by atoms with Gasteiger partial charge in [-0.2, -0.15) is 0 Å². The number of aliphatic carboxylic acids is 1. The van der Waals surface area contributed by atoms with Crippen molar-refractivity contribution in [2.24, 2.45) is 0 Å². The van der Waals surface area contributed by atoms with Crippen LogP contribution in [0.5, 0.6) is 0 Å². The number of fused-ring (bicyclic) bond motifs is 2. The number of nitrogens with zero attached hydrogens (tertiary/aromatic N) is 2. The lowest BCUT2D eigenvalue weighted by Gasteiger charge is -2.27. The molecule has 1 aromatic carbocycles. The molecule has 7 nitrogen and oxygen atoms in total. The van der Waals surface area contributed by atoms with Gasteiger partial charge in [-0.15, -0.1) is 0 Å². The molecule has 23 heavy (non-hydrogen) atoms. The van der Waals surface area contributed by atoms with Crippen LogP contribution in [-0.4, -0.2) is 35.4 Å². The zero-order chi connectivity index (χ0) is 16.8. The number of para-hydroxylation sites is 1. The van der Waals surface area contributed by atoms with Gasteiger partial charge in [-0.3, -0.25) is 9.69 Å². The maximum atomic E-state index is 12.8. The molecule has 0 spiro atoms. The second-order valence-corrected chi connectivity index (χ2v) is 6.88. The summed E-state index contributed by atoms with van der Waals surface area (Å²) < 4.78 is 26.5. The van der Waals surface area contributed by atoms with Crippen molar-refractivity contribution in [3.63, 3.8) is 0 Å². The number of benzene rings is 1. The van der Waals surface area contributed by atoms with Crippen molar-refractivity contribution in [1.29, 1.82) is 0 Å². The number of hydrogen-bond acceptors (Lipinski definition) is 4. The van der Waals surface area contributed by atoms with Crippen LogP contribution in [0.4, 0.5) is 5.69 Å². The van der Waals surface area contributed by atoms with Crippen molar-refractivity contribution in [1.82, 2.24) is 3.97 Å². The third-order valence-corrected chi connectivity index (χ3v) is 5.53. The predicted octanol–water partition coefficient (Wildman–Crippen LogP) is 1.55. The predicted molar refractivity (Wildman–Crippen MR) is 82.0 cm³/mol. The first kappa shape index (κ1) is 15.3. The molecule has 0 saturated carbocycles. The second kappa shape index (κ2) is 5.24. The number of carboxylic acid groups (broad SMARTS) is 1. The Hall–Kier alpha value is -2.61. The molecule has 0 saturated heterocycles. The summed E-state index contributed by atoms with van der Waals surface area (Å²) >= 11 is 0. The molecule has 1 amide bonds. The van der Waals surface area contributed by atoms with Crippen LogP contribution < -0.4 is 4.90 Å². The molecular weight excluding hydrogens is 320 g/mol. The van der Waals surface area contributed by atoms with Crippen LogP contribution in [0, 0.1) is 0 Å². The van der Waals surface area contributed by atoms with E-state index in [1.165, 1.54) is 36.5 Å². The lowest BCUT2D eigenvalue weighted by atomic mass is 10.1. The molecule has 0 bridgehead atoms. The highest BCUT2D eigenvalue weighted by Gasteiger charge is 2.39. The van der Waals surface area contributed by atoms with Gasteiger partial charge in [0.15, 0.2) is 0 Å². The topological polar surface area (TPSA) is 96.7 Å². The van der Waals surface area contributed by atoms with E-state index in [-0.39, 0.29) is 22.7 Å². The van der Waals surface area contributed by atoms with Gasteiger partial charge in [0.25, 0.3) is 15.9 Å². The Bertz CT molecular complexity index is 900. The zero-order valence-corrected chi connectivity index (χ0v) is 13.0. The van der Waals surface area contributed by atoms with E-state index in [2.05, 4.69) is 0 Å². The summed E-state index contributed by atoms with van der Waals surface area (Å²) in [5, 5.41) is 9.44. The average molecular weight is 334 g/mol. The summed E-state index contributed by atoms with van der Waals surface area (Å²) in [6, 6.07) is 7.59. The Morgan fingerprint density at radius 1 is 1.22 bits per heavy atom. The largest absolute Gasteiger partial charge is 0.480 e. The standard InChI is InChI=1S/C15H14N2O5S/c1-2-10(15(19)20)17-11-6-3-4-8-13(11)23(21,22)16-9-5-7-12(16)14(17)18/h3-10H,2H2,1H3,(H,19,20). The van der Waals surface area contributed by atoms with Crippen molar-refractivity contribution in [3.8, 4) is 0 Å². The van der Waals surface area contributed by atoms with Crippen molar-refractivity contribution in [3.05, 3.63) is 48.3 Å². The van der Waals surface area contributed by atoms with E-state index in [4.69, 9.17) is 0 Å². The minimum absolute atomic E-state index is 0.0791. The third kappa shape index (κ3) is 2.14. The highest BCUT2D eigenvalue weighted by Crippen LogP contribution is 2.34. The number of amides is 1. The normalized spacial score (nSPS) is 17.1. The van der Waals surface area contributed by atoms with Crippen molar-refractivity contribution < 1.29 is 23.1 Å². The molecule has 0 radical (unpaired) electrons. The average Bonchev–Trinajstić information content (AvgIpc) is 2.99. The lowest BCUT2D eigenvalue weighted by Crippen LogP contribution is -2.45. The van der Waals surface area contributed by atoms with E-state index < -0.39 is 27.9 Å². The molecular formula is C15H14N2O5S. The fourth-order valence-corrected chi connectivity index (χ4v) is 4.25. The van der Waals surface area contributed by atoms with E-state index in [1.54, 1.807) is 13.0 Å². The lowest BCUT2D eigenvalue weighted by molar-refractivity contribution is -0.138. The van der Waals surface area contributed by atoms with Crippen molar-refractivity contribution in [2.45, 2.75) is 24.3 Å². The summed E-state index contributed by atoms with van der Waals surface area (Å²) in [7, 11) is -3.97. The first-order valence-electron chi connectivity index (χ1n) is 6.98. The molecule has 3 rings (SSSR count). The third-order valence-electron chi connectivity index (χ3n) is 3.80. The number of carbonyl (C=O) groups is 2. The maximum absolute atomic E-state index is 12.8. The van der Waals surface area contributed by atoms with E-state index in [1.807, 2.05) is 0 Å². The smallest absolute Gasteiger partial charge is 0.326 e. The summed E-state index contributed by atoms with van der Waals surface area (Å²) in [5.74, 6) is -1.84. The highest BCUT2D eigenvalue weighted by molar-refractivity contribution is 7.90. The van der Waals surface area contributed by atoms with Gasteiger partial charge in [0.1, 0.15) is 16.6 Å². The van der Waals surface area contributed by atoms with Crippen LogP contribution >= 0.6 is 0 Å². The van der Waals surface area contributed by atoms with Gasteiger partial charge < -0.3 is 5.11 Å². The SMILES string of the molecule is CCC(C(=O)O)N1C(=O)c2cccn2S(=O)(=O)c2ccccc21. The number of aromatic nitrogens is 1. The quantitative estimate of drug-likeness (QED) is 0.918.